The van der Waals surface area contributed by atoms with E-state index in [-0.39, 0.29) is 17.7 Å². The average Bonchev–Trinajstić information content (AvgIpc) is 2.74. The van der Waals surface area contributed by atoms with Gasteiger partial charge < -0.3 is 15.0 Å². The second kappa shape index (κ2) is 9.40. The minimum Gasteiger partial charge on any atom is -0.497 e. The molecular formula is C23H28N2O3. The zero-order chi connectivity index (χ0) is 19.9. The van der Waals surface area contributed by atoms with Crippen molar-refractivity contribution in [2.24, 2.45) is 5.92 Å². The Labute approximate surface area is 166 Å². The third kappa shape index (κ3) is 4.91. The third-order valence-corrected chi connectivity index (χ3v) is 5.38. The van der Waals surface area contributed by atoms with Gasteiger partial charge in [0.2, 0.25) is 5.91 Å². The van der Waals surface area contributed by atoms with Gasteiger partial charge in [0.1, 0.15) is 5.75 Å². The highest BCUT2D eigenvalue weighted by atomic mass is 16.5. The summed E-state index contributed by atoms with van der Waals surface area (Å²) in [6.45, 7) is 3.81. The minimum atomic E-state index is -0.0220. The fourth-order valence-electron chi connectivity index (χ4n) is 3.63. The maximum absolute atomic E-state index is 12.7. The molecule has 0 aliphatic carbocycles. The molecule has 1 saturated heterocycles. The minimum absolute atomic E-state index is 0.0220. The van der Waals surface area contributed by atoms with Gasteiger partial charge >= 0.3 is 0 Å². The molecule has 0 spiro atoms. The van der Waals surface area contributed by atoms with Crippen molar-refractivity contribution in [3.05, 3.63) is 65.2 Å². The zero-order valence-electron chi connectivity index (χ0n) is 16.6. The number of carbonyl (C=O) groups is 2. The fourth-order valence-corrected chi connectivity index (χ4v) is 3.63. The highest BCUT2D eigenvalue weighted by molar-refractivity contribution is 5.95. The van der Waals surface area contributed by atoms with Gasteiger partial charge in [-0.2, -0.15) is 0 Å². The summed E-state index contributed by atoms with van der Waals surface area (Å²) < 4.78 is 5.23. The predicted octanol–water partition coefficient (Wildman–Crippen LogP) is 3.21. The van der Waals surface area contributed by atoms with Crippen LogP contribution in [-0.2, 0) is 11.2 Å². The number of rotatable bonds is 6. The van der Waals surface area contributed by atoms with E-state index < -0.39 is 0 Å². The molecule has 0 bridgehead atoms. The highest BCUT2D eigenvalue weighted by Gasteiger charge is 2.28. The number of amides is 2. The lowest BCUT2D eigenvalue weighted by atomic mass is 9.95. The van der Waals surface area contributed by atoms with Crippen molar-refractivity contribution < 1.29 is 14.3 Å². The van der Waals surface area contributed by atoms with Gasteiger partial charge in [0.05, 0.1) is 7.11 Å². The summed E-state index contributed by atoms with van der Waals surface area (Å²) in [5, 5.41) is 3.04. The van der Waals surface area contributed by atoms with E-state index >= 15 is 0 Å². The molecule has 5 heteroatoms. The largest absolute Gasteiger partial charge is 0.497 e. The van der Waals surface area contributed by atoms with Gasteiger partial charge in [0.15, 0.2) is 0 Å². The molecule has 5 nitrogen and oxygen atoms in total. The van der Waals surface area contributed by atoms with E-state index in [2.05, 4.69) is 5.32 Å². The Hall–Kier alpha value is -2.82. The summed E-state index contributed by atoms with van der Waals surface area (Å²) in [4.78, 5) is 27.0. The van der Waals surface area contributed by atoms with Crippen LogP contribution < -0.4 is 10.1 Å². The summed E-state index contributed by atoms with van der Waals surface area (Å²) >= 11 is 0. The van der Waals surface area contributed by atoms with E-state index in [1.807, 2.05) is 60.4 Å². The van der Waals surface area contributed by atoms with Crippen molar-refractivity contribution in [3.8, 4) is 5.75 Å². The molecule has 0 saturated carbocycles. The first-order valence-corrected chi connectivity index (χ1v) is 9.84. The Morgan fingerprint density at radius 3 is 2.57 bits per heavy atom. The summed E-state index contributed by atoms with van der Waals surface area (Å²) in [5.74, 6) is 0.960. The number of likely N-dealkylation sites (tertiary alicyclic amines) is 1. The summed E-state index contributed by atoms with van der Waals surface area (Å²) in [6.07, 6.45) is 2.19. The van der Waals surface area contributed by atoms with Crippen LogP contribution in [0.4, 0.5) is 0 Å². The number of aryl methyl sites for hydroxylation is 1. The molecule has 0 radical (unpaired) electrons. The van der Waals surface area contributed by atoms with Crippen LogP contribution in [0.15, 0.2) is 48.5 Å². The number of nitrogens with one attached hydrogen (secondary N) is 1. The lowest BCUT2D eigenvalue weighted by Gasteiger charge is -2.31. The van der Waals surface area contributed by atoms with E-state index in [0.717, 1.165) is 28.9 Å². The number of nitrogens with zero attached hydrogens (tertiary/aromatic N) is 1. The lowest BCUT2D eigenvalue weighted by Crippen LogP contribution is -2.43. The smallest absolute Gasteiger partial charge is 0.254 e. The van der Waals surface area contributed by atoms with Gasteiger partial charge in [-0.15, -0.1) is 0 Å². The Balaban J connectivity index is 1.44. The monoisotopic (exact) mass is 380 g/mol. The molecule has 2 amide bonds. The van der Waals surface area contributed by atoms with Gasteiger partial charge in [-0.3, -0.25) is 9.59 Å². The van der Waals surface area contributed by atoms with Gasteiger partial charge in [-0.25, -0.2) is 0 Å². The zero-order valence-corrected chi connectivity index (χ0v) is 16.6. The van der Waals surface area contributed by atoms with Crippen LogP contribution in [0.2, 0.25) is 0 Å². The van der Waals surface area contributed by atoms with Crippen molar-refractivity contribution in [2.75, 3.05) is 26.7 Å². The van der Waals surface area contributed by atoms with E-state index in [0.29, 0.717) is 32.5 Å². The van der Waals surface area contributed by atoms with Gasteiger partial charge in [0, 0.05) is 31.1 Å². The van der Waals surface area contributed by atoms with Crippen molar-refractivity contribution in [2.45, 2.75) is 26.2 Å². The number of hydrogen-bond acceptors (Lipinski definition) is 3. The predicted molar refractivity (Wildman–Crippen MR) is 110 cm³/mol. The third-order valence-electron chi connectivity index (χ3n) is 5.38. The average molecular weight is 380 g/mol. The number of methoxy groups -OCH3 is 1. The molecule has 1 aliphatic heterocycles. The van der Waals surface area contributed by atoms with E-state index in [4.69, 9.17) is 4.74 Å². The normalized spacial score (nSPS) is 14.6. The van der Waals surface area contributed by atoms with Crippen molar-refractivity contribution in [1.29, 1.82) is 0 Å². The number of ether oxygens (including phenoxy) is 1. The molecule has 2 aromatic rings. The van der Waals surface area contributed by atoms with E-state index in [1.54, 1.807) is 7.11 Å². The van der Waals surface area contributed by atoms with Crippen LogP contribution in [0.25, 0.3) is 0 Å². The Morgan fingerprint density at radius 2 is 1.86 bits per heavy atom. The molecule has 3 rings (SSSR count). The number of hydrogen-bond donors (Lipinski definition) is 1. The standard InChI is InChI=1S/C23H28N2O3/c1-17-6-3-4-9-21(17)23(27)25-14-11-19(12-15-25)22(26)24-13-10-18-7-5-8-20(16-18)28-2/h3-9,16,19H,10-15H2,1-2H3,(H,24,26). The molecule has 1 aliphatic rings. The van der Waals surface area contributed by atoms with Crippen LogP contribution in [0.3, 0.4) is 0 Å². The van der Waals surface area contributed by atoms with Crippen LogP contribution in [-0.4, -0.2) is 43.5 Å². The van der Waals surface area contributed by atoms with Gasteiger partial charge in [-0.1, -0.05) is 30.3 Å². The molecular weight excluding hydrogens is 352 g/mol. The van der Waals surface area contributed by atoms with Crippen molar-refractivity contribution in [3.63, 3.8) is 0 Å². The molecule has 0 atom stereocenters. The fraction of sp³-hybridized carbons (Fsp3) is 0.391. The first-order chi connectivity index (χ1) is 13.6. The summed E-state index contributed by atoms with van der Waals surface area (Å²) in [6, 6.07) is 15.5. The number of carbonyl (C=O) groups excluding carboxylic acids is 2. The molecule has 1 heterocycles. The Bertz CT molecular complexity index is 826. The molecule has 1 fully saturated rings. The highest BCUT2D eigenvalue weighted by Crippen LogP contribution is 2.20. The van der Waals surface area contributed by atoms with Crippen LogP contribution >= 0.6 is 0 Å². The lowest BCUT2D eigenvalue weighted by molar-refractivity contribution is -0.126. The molecule has 1 N–H and O–H groups in total. The quantitative estimate of drug-likeness (QED) is 0.837. The SMILES string of the molecule is COc1cccc(CCNC(=O)C2CCN(C(=O)c3ccccc3C)CC2)c1. The van der Waals surface area contributed by atoms with Crippen LogP contribution in [0, 0.1) is 12.8 Å². The number of piperidine rings is 1. The second-order valence-corrected chi connectivity index (χ2v) is 7.27. The Morgan fingerprint density at radius 1 is 1.11 bits per heavy atom. The second-order valence-electron chi connectivity index (χ2n) is 7.27. The topological polar surface area (TPSA) is 58.6 Å². The molecule has 28 heavy (non-hydrogen) atoms. The van der Waals surface area contributed by atoms with Crippen molar-refractivity contribution >= 4 is 11.8 Å². The Kier molecular flexibility index (Phi) is 6.69. The summed E-state index contributed by atoms with van der Waals surface area (Å²) in [5.41, 5.74) is 2.88. The van der Waals surface area contributed by atoms with Gasteiger partial charge in [0.25, 0.3) is 5.91 Å². The van der Waals surface area contributed by atoms with E-state index in [1.165, 1.54) is 0 Å². The number of benzene rings is 2. The first kappa shape index (κ1) is 19.9. The van der Waals surface area contributed by atoms with Crippen LogP contribution in [0.5, 0.6) is 5.75 Å². The molecule has 0 unspecified atom stereocenters. The maximum atomic E-state index is 12.7. The molecule has 2 aromatic carbocycles. The van der Waals surface area contributed by atoms with Crippen LogP contribution in [0.1, 0.15) is 34.3 Å². The van der Waals surface area contributed by atoms with Crippen molar-refractivity contribution in [1.82, 2.24) is 10.2 Å². The van der Waals surface area contributed by atoms with Gasteiger partial charge in [-0.05, 0) is 55.5 Å². The molecule has 0 aromatic heterocycles. The molecule has 148 valence electrons. The summed E-state index contributed by atoms with van der Waals surface area (Å²) in [7, 11) is 1.65. The first-order valence-electron chi connectivity index (χ1n) is 9.84. The van der Waals surface area contributed by atoms with E-state index in [9.17, 15) is 9.59 Å². The maximum Gasteiger partial charge on any atom is 0.254 e.